The van der Waals surface area contributed by atoms with Crippen LogP contribution in [0.1, 0.15) is 23.1 Å². The summed E-state index contributed by atoms with van der Waals surface area (Å²) in [6, 6.07) is 10.7. The van der Waals surface area contributed by atoms with Gasteiger partial charge in [0.05, 0.1) is 18.0 Å². The molecule has 10 heteroatoms. The quantitative estimate of drug-likeness (QED) is 0.634. The Morgan fingerprint density at radius 3 is 2.50 bits per heavy atom. The van der Waals surface area contributed by atoms with E-state index in [9.17, 15) is 22.4 Å². The number of carbonyl (C=O) groups excluding carboxylic acids is 2. The van der Waals surface area contributed by atoms with E-state index in [4.69, 9.17) is 4.74 Å². The Morgan fingerprint density at radius 1 is 1.09 bits per heavy atom. The minimum absolute atomic E-state index is 0.0552. The first-order valence-electron chi connectivity index (χ1n) is 10.2. The Kier molecular flexibility index (Phi) is 7.60. The van der Waals surface area contributed by atoms with Crippen molar-refractivity contribution >= 4 is 21.8 Å². The molecule has 2 aromatic rings. The number of hydrogen-bond donors (Lipinski definition) is 2. The lowest BCUT2D eigenvalue weighted by Crippen LogP contribution is -2.53. The summed E-state index contributed by atoms with van der Waals surface area (Å²) < 4.78 is 46.3. The summed E-state index contributed by atoms with van der Waals surface area (Å²) >= 11 is 0. The zero-order valence-electron chi connectivity index (χ0n) is 17.9. The lowest BCUT2D eigenvalue weighted by Gasteiger charge is -2.35. The minimum atomic E-state index is -3.86. The van der Waals surface area contributed by atoms with Gasteiger partial charge in [-0.2, -0.15) is 4.31 Å². The number of amides is 2. The summed E-state index contributed by atoms with van der Waals surface area (Å²) in [6.45, 7) is 4.00. The average molecular weight is 464 g/mol. The molecular formula is C22H26FN3O5S. The van der Waals surface area contributed by atoms with Crippen LogP contribution in [-0.2, 0) is 30.9 Å². The fourth-order valence-corrected chi connectivity index (χ4v) is 5.22. The van der Waals surface area contributed by atoms with Gasteiger partial charge in [-0.15, -0.1) is 0 Å². The SMILES string of the molecule is Cc1ccc(C)c(S(=O)(=O)N2CCCO[C@@H]2CNC(=O)C(=O)NCc2ccc(F)cc2)c1. The molecule has 172 valence electrons. The molecule has 1 saturated heterocycles. The highest BCUT2D eigenvalue weighted by molar-refractivity contribution is 7.89. The number of carbonyl (C=O) groups is 2. The number of hydrogen-bond acceptors (Lipinski definition) is 5. The van der Waals surface area contributed by atoms with Crippen LogP contribution < -0.4 is 10.6 Å². The third-order valence-corrected chi connectivity index (χ3v) is 7.13. The molecule has 1 fully saturated rings. The third kappa shape index (κ3) is 5.70. The largest absolute Gasteiger partial charge is 0.360 e. The molecule has 0 radical (unpaired) electrons. The zero-order chi connectivity index (χ0) is 23.3. The summed E-state index contributed by atoms with van der Waals surface area (Å²) in [5.41, 5.74) is 2.06. The van der Waals surface area contributed by atoms with Crippen LogP contribution in [0.3, 0.4) is 0 Å². The van der Waals surface area contributed by atoms with Gasteiger partial charge in [-0.1, -0.05) is 24.3 Å². The second kappa shape index (κ2) is 10.2. The molecule has 32 heavy (non-hydrogen) atoms. The van der Waals surface area contributed by atoms with Crippen molar-refractivity contribution in [1.82, 2.24) is 14.9 Å². The summed E-state index contributed by atoms with van der Waals surface area (Å²) in [6.07, 6.45) is -0.408. The van der Waals surface area contributed by atoms with Crippen LogP contribution in [0.2, 0.25) is 0 Å². The predicted octanol–water partition coefficient (Wildman–Crippen LogP) is 1.61. The van der Waals surface area contributed by atoms with Gasteiger partial charge in [-0.25, -0.2) is 12.8 Å². The van der Waals surface area contributed by atoms with Gasteiger partial charge in [0.1, 0.15) is 12.0 Å². The molecule has 1 atom stereocenters. The van der Waals surface area contributed by atoms with Crippen LogP contribution in [0.25, 0.3) is 0 Å². The van der Waals surface area contributed by atoms with E-state index < -0.39 is 33.9 Å². The number of halogens is 1. The minimum Gasteiger partial charge on any atom is -0.360 e. The first kappa shape index (κ1) is 23.8. The molecule has 0 unspecified atom stereocenters. The molecule has 1 aliphatic rings. The Balaban J connectivity index is 1.62. The molecule has 8 nitrogen and oxygen atoms in total. The van der Waals surface area contributed by atoms with Crippen LogP contribution >= 0.6 is 0 Å². The third-order valence-electron chi connectivity index (χ3n) is 5.09. The fraction of sp³-hybridized carbons (Fsp3) is 0.364. The van der Waals surface area contributed by atoms with E-state index in [-0.39, 0.29) is 24.5 Å². The molecule has 1 heterocycles. The molecule has 0 saturated carbocycles. The lowest BCUT2D eigenvalue weighted by molar-refractivity contribution is -0.140. The smallest absolute Gasteiger partial charge is 0.309 e. The molecular weight excluding hydrogens is 437 g/mol. The number of ether oxygens (including phenoxy) is 1. The van der Waals surface area contributed by atoms with Crippen molar-refractivity contribution in [2.45, 2.75) is 37.9 Å². The van der Waals surface area contributed by atoms with Gasteiger partial charge in [0.2, 0.25) is 10.0 Å². The van der Waals surface area contributed by atoms with Crippen LogP contribution in [-0.4, -0.2) is 50.5 Å². The van der Waals surface area contributed by atoms with E-state index in [1.807, 2.05) is 13.0 Å². The molecule has 0 aromatic heterocycles. The second-order valence-corrected chi connectivity index (χ2v) is 9.44. The van der Waals surface area contributed by atoms with Crippen LogP contribution in [0.4, 0.5) is 4.39 Å². The molecule has 2 aromatic carbocycles. The van der Waals surface area contributed by atoms with Crippen molar-refractivity contribution in [2.75, 3.05) is 19.7 Å². The Labute approximate surface area is 186 Å². The standard InChI is InChI=1S/C22H26FN3O5S/c1-15-4-5-16(2)19(12-15)32(29,30)26-10-3-11-31-20(26)14-25-22(28)21(27)24-13-17-6-8-18(23)9-7-17/h4-9,12,20H,3,10-11,13-14H2,1-2H3,(H,24,27)(H,25,28)/t20-/m1/s1. The predicted molar refractivity (Wildman–Crippen MR) is 115 cm³/mol. The summed E-state index contributed by atoms with van der Waals surface area (Å²) in [4.78, 5) is 24.4. The van der Waals surface area contributed by atoms with Crippen LogP contribution in [0.15, 0.2) is 47.4 Å². The normalized spacial score (nSPS) is 17.0. The van der Waals surface area contributed by atoms with E-state index in [1.165, 1.54) is 28.6 Å². The van der Waals surface area contributed by atoms with Gasteiger partial charge in [0.25, 0.3) is 0 Å². The van der Waals surface area contributed by atoms with Gasteiger partial charge in [-0.3, -0.25) is 9.59 Å². The summed E-state index contributed by atoms with van der Waals surface area (Å²) in [7, 11) is -3.86. The number of nitrogens with one attached hydrogen (secondary N) is 2. The maximum absolute atomic E-state index is 13.3. The van der Waals surface area contributed by atoms with Crippen LogP contribution in [0.5, 0.6) is 0 Å². The fourth-order valence-electron chi connectivity index (χ4n) is 3.34. The monoisotopic (exact) mass is 463 g/mol. The van der Waals surface area contributed by atoms with E-state index in [0.29, 0.717) is 24.2 Å². The highest BCUT2D eigenvalue weighted by Gasteiger charge is 2.35. The van der Waals surface area contributed by atoms with Crippen LogP contribution in [0, 0.1) is 19.7 Å². The number of sulfonamides is 1. The van der Waals surface area contributed by atoms with Crippen molar-refractivity contribution in [1.29, 1.82) is 0 Å². The number of nitrogens with zero attached hydrogens (tertiary/aromatic N) is 1. The molecule has 3 rings (SSSR count). The van der Waals surface area contributed by atoms with Crippen molar-refractivity contribution in [2.24, 2.45) is 0 Å². The Hall–Kier alpha value is -2.82. The molecule has 0 bridgehead atoms. The lowest BCUT2D eigenvalue weighted by atomic mass is 10.2. The number of rotatable bonds is 6. The highest BCUT2D eigenvalue weighted by Crippen LogP contribution is 2.25. The zero-order valence-corrected chi connectivity index (χ0v) is 18.7. The van der Waals surface area contributed by atoms with Gasteiger partial charge in [0, 0.05) is 13.1 Å². The van der Waals surface area contributed by atoms with E-state index >= 15 is 0 Å². The Bertz CT molecular complexity index is 1090. The van der Waals surface area contributed by atoms with Crippen molar-refractivity contribution in [3.8, 4) is 0 Å². The van der Waals surface area contributed by atoms with E-state index in [2.05, 4.69) is 10.6 Å². The summed E-state index contributed by atoms with van der Waals surface area (Å²) in [5, 5.41) is 4.88. The van der Waals surface area contributed by atoms with Crippen molar-refractivity contribution in [3.05, 3.63) is 65.0 Å². The van der Waals surface area contributed by atoms with Crippen molar-refractivity contribution < 1.29 is 27.1 Å². The molecule has 0 spiro atoms. The topological polar surface area (TPSA) is 105 Å². The molecule has 2 N–H and O–H groups in total. The molecule has 0 aliphatic carbocycles. The maximum atomic E-state index is 13.3. The number of benzene rings is 2. The highest BCUT2D eigenvalue weighted by atomic mass is 32.2. The van der Waals surface area contributed by atoms with Crippen molar-refractivity contribution in [3.63, 3.8) is 0 Å². The van der Waals surface area contributed by atoms with Gasteiger partial charge < -0.3 is 15.4 Å². The number of aryl methyl sites for hydroxylation is 2. The van der Waals surface area contributed by atoms with Gasteiger partial charge in [-0.05, 0) is 55.2 Å². The molecule has 1 aliphatic heterocycles. The first-order chi connectivity index (χ1) is 15.2. The van der Waals surface area contributed by atoms with E-state index in [0.717, 1.165) is 5.56 Å². The first-order valence-corrected chi connectivity index (χ1v) is 11.6. The second-order valence-electron chi connectivity index (χ2n) is 7.58. The van der Waals surface area contributed by atoms with Gasteiger partial charge in [0.15, 0.2) is 0 Å². The van der Waals surface area contributed by atoms with E-state index in [1.54, 1.807) is 19.1 Å². The summed E-state index contributed by atoms with van der Waals surface area (Å²) in [5.74, 6) is -2.19. The Morgan fingerprint density at radius 2 is 1.78 bits per heavy atom. The maximum Gasteiger partial charge on any atom is 0.309 e. The molecule has 2 amide bonds. The van der Waals surface area contributed by atoms with Gasteiger partial charge >= 0.3 is 11.8 Å². The average Bonchev–Trinajstić information content (AvgIpc) is 2.78.